The number of carboxylic acid groups (broad SMARTS) is 1. The second-order valence-corrected chi connectivity index (χ2v) is 6.56. The zero-order valence-corrected chi connectivity index (χ0v) is 13.4. The number of amides is 2. The lowest BCUT2D eigenvalue weighted by atomic mass is 9.97. The van der Waals surface area contributed by atoms with Gasteiger partial charge in [0.05, 0.1) is 6.42 Å². The Morgan fingerprint density at radius 1 is 1.33 bits per heavy atom. The molecule has 2 amide bonds. The average molecular weight is 296 g/mol. The molecule has 0 aromatic heterocycles. The fourth-order valence-electron chi connectivity index (χ4n) is 2.51. The number of allylic oxidation sites excluding steroid dienone is 1. The van der Waals surface area contributed by atoms with Gasteiger partial charge in [-0.15, -0.1) is 0 Å². The lowest BCUT2D eigenvalue weighted by Crippen LogP contribution is -2.51. The van der Waals surface area contributed by atoms with Crippen LogP contribution in [0.2, 0.25) is 0 Å². The van der Waals surface area contributed by atoms with Gasteiger partial charge in [-0.05, 0) is 52.9 Å². The lowest BCUT2D eigenvalue weighted by molar-refractivity contribution is -0.137. The normalized spacial score (nSPS) is 15.3. The molecular formula is C16H28N2O3. The number of nitrogens with zero attached hydrogens (tertiary/aromatic N) is 1. The van der Waals surface area contributed by atoms with Gasteiger partial charge in [0.25, 0.3) is 0 Å². The van der Waals surface area contributed by atoms with Crippen LogP contribution >= 0.6 is 0 Å². The number of nitrogens with one attached hydrogen (secondary N) is 1. The Hall–Kier alpha value is -1.52. The van der Waals surface area contributed by atoms with Crippen LogP contribution in [0.15, 0.2) is 11.6 Å². The zero-order chi connectivity index (χ0) is 15.9. The monoisotopic (exact) mass is 296 g/mol. The van der Waals surface area contributed by atoms with E-state index in [1.165, 1.54) is 18.4 Å². The highest BCUT2D eigenvalue weighted by Crippen LogP contribution is 2.19. The first-order valence-electron chi connectivity index (χ1n) is 7.76. The van der Waals surface area contributed by atoms with E-state index in [1.54, 1.807) is 4.90 Å². The third-order valence-electron chi connectivity index (χ3n) is 3.71. The van der Waals surface area contributed by atoms with Crippen molar-refractivity contribution in [1.29, 1.82) is 0 Å². The predicted molar refractivity (Wildman–Crippen MR) is 83.3 cm³/mol. The summed E-state index contributed by atoms with van der Waals surface area (Å²) in [7, 11) is 0. The molecule has 5 heteroatoms. The maximum Gasteiger partial charge on any atom is 0.317 e. The number of rotatable bonds is 6. The van der Waals surface area contributed by atoms with E-state index in [2.05, 4.69) is 11.4 Å². The second kappa shape index (κ2) is 8.05. The minimum Gasteiger partial charge on any atom is -0.481 e. The van der Waals surface area contributed by atoms with E-state index in [0.29, 0.717) is 6.54 Å². The third-order valence-corrected chi connectivity index (χ3v) is 3.71. The Balaban J connectivity index is 2.44. The van der Waals surface area contributed by atoms with Crippen LogP contribution in [0.25, 0.3) is 0 Å². The van der Waals surface area contributed by atoms with Crippen LogP contribution in [0.1, 0.15) is 59.3 Å². The molecule has 0 aliphatic heterocycles. The standard InChI is InChI=1S/C16H28N2O3/c1-16(2,3)18(12-10-14(19)20)15(21)17-11-9-13-7-5-4-6-8-13/h7H,4-6,8-12H2,1-3H3,(H,17,21)(H,19,20). The Bertz CT molecular complexity index is 397. The van der Waals surface area contributed by atoms with Crippen molar-refractivity contribution in [3.63, 3.8) is 0 Å². The maximum atomic E-state index is 12.2. The highest BCUT2D eigenvalue weighted by Gasteiger charge is 2.26. The molecule has 1 aliphatic carbocycles. The van der Waals surface area contributed by atoms with Crippen molar-refractivity contribution in [2.75, 3.05) is 13.1 Å². The average Bonchev–Trinajstić information content (AvgIpc) is 2.38. The summed E-state index contributed by atoms with van der Waals surface area (Å²) in [6.07, 6.45) is 7.93. The van der Waals surface area contributed by atoms with E-state index in [1.807, 2.05) is 20.8 Å². The SMILES string of the molecule is CC(C)(C)N(CCC(=O)O)C(=O)NCCC1=CCCCC1. The van der Waals surface area contributed by atoms with Crippen molar-refractivity contribution in [3.8, 4) is 0 Å². The van der Waals surface area contributed by atoms with Crippen molar-refractivity contribution in [2.24, 2.45) is 0 Å². The van der Waals surface area contributed by atoms with Gasteiger partial charge in [-0.1, -0.05) is 11.6 Å². The molecule has 0 saturated carbocycles. The molecule has 21 heavy (non-hydrogen) atoms. The molecule has 0 atom stereocenters. The van der Waals surface area contributed by atoms with E-state index in [-0.39, 0.29) is 24.5 Å². The van der Waals surface area contributed by atoms with E-state index in [4.69, 9.17) is 5.11 Å². The smallest absolute Gasteiger partial charge is 0.317 e. The number of carboxylic acids is 1. The van der Waals surface area contributed by atoms with E-state index < -0.39 is 5.97 Å². The molecule has 0 saturated heterocycles. The molecule has 0 radical (unpaired) electrons. The molecule has 0 unspecified atom stereocenters. The van der Waals surface area contributed by atoms with Crippen molar-refractivity contribution >= 4 is 12.0 Å². The molecule has 0 heterocycles. The number of carbonyl (C=O) groups excluding carboxylic acids is 1. The Kier molecular flexibility index (Phi) is 6.72. The Labute approximate surface area is 127 Å². The largest absolute Gasteiger partial charge is 0.481 e. The highest BCUT2D eigenvalue weighted by molar-refractivity contribution is 5.76. The number of aliphatic carboxylic acids is 1. The molecule has 0 aromatic carbocycles. The van der Waals surface area contributed by atoms with Crippen LogP contribution in [0.4, 0.5) is 4.79 Å². The van der Waals surface area contributed by atoms with Gasteiger partial charge in [0.1, 0.15) is 0 Å². The first-order chi connectivity index (χ1) is 9.80. The summed E-state index contributed by atoms with van der Waals surface area (Å²) in [5, 5.41) is 11.7. The van der Waals surface area contributed by atoms with E-state index >= 15 is 0 Å². The molecule has 5 nitrogen and oxygen atoms in total. The Morgan fingerprint density at radius 3 is 2.57 bits per heavy atom. The molecule has 0 spiro atoms. The van der Waals surface area contributed by atoms with Gasteiger partial charge in [-0.3, -0.25) is 4.79 Å². The minimum absolute atomic E-state index is 0.0319. The summed E-state index contributed by atoms with van der Waals surface area (Å²) in [5.74, 6) is -0.885. The van der Waals surface area contributed by atoms with Crippen LogP contribution in [0.5, 0.6) is 0 Å². The van der Waals surface area contributed by atoms with Gasteiger partial charge in [-0.25, -0.2) is 4.79 Å². The molecule has 1 aliphatic rings. The van der Waals surface area contributed by atoms with Crippen molar-refractivity contribution in [1.82, 2.24) is 10.2 Å². The van der Waals surface area contributed by atoms with Crippen LogP contribution < -0.4 is 5.32 Å². The van der Waals surface area contributed by atoms with E-state index in [0.717, 1.165) is 19.3 Å². The van der Waals surface area contributed by atoms with Gasteiger partial charge in [-0.2, -0.15) is 0 Å². The fraction of sp³-hybridized carbons (Fsp3) is 0.750. The number of urea groups is 1. The lowest BCUT2D eigenvalue weighted by Gasteiger charge is -2.35. The maximum absolute atomic E-state index is 12.2. The summed E-state index contributed by atoms with van der Waals surface area (Å²) >= 11 is 0. The molecule has 0 aromatic rings. The number of hydrogen-bond acceptors (Lipinski definition) is 2. The van der Waals surface area contributed by atoms with Gasteiger partial charge >= 0.3 is 12.0 Å². The fourth-order valence-corrected chi connectivity index (χ4v) is 2.51. The second-order valence-electron chi connectivity index (χ2n) is 6.56. The summed E-state index contributed by atoms with van der Waals surface area (Å²) in [6, 6.07) is -0.180. The number of carbonyl (C=O) groups is 2. The summed E-state index contributed by atoms with van der Waals surface area (Å²) in [5.41, 5.74) is 1.04. The quantitative estimate of drug-likeness (QED) is 0.740. The van der Waals surface area contributed by atoms with Gasteiger partial charge in [0.15, 0.2) is 0 Å². The van der Waals surface area contributed by atoms with Crippen LogP contribution in [0.3, 0.4) is 0 Å². The molecular weight excluding hydrogens is 268 g/mol. The van der Waals surface area contributed by atoms with Crippen molar-refractivity contribution in [2.45, 2.75) is 64.8 Å². The van der Waals surface area contributed by atoms with E-state index in [9.17, 15) is 9.59 Å². The zero-order valence-electron chi connectivity index (χ0n) is 13.4. The van der Waals surface area contributed by atoms with Crippen LogP contribution in [0, 0.1) is 0 Å². The first-order valence-corrected chi connectivity index (χ1v) is 7.76. The van der Waals surface area contributed by atoms with Gasteiger partial charge in [0.2, 0.25) is 0 Å². The van der Waals surface area contributed by atoms with Gasteiger partial charge < -0.3 is 15.3 Å². The predicted octanol–water partition coefficient (Wildman–Crippen LogP) is 3.16. The summed E-state index contributed by atoms with van der Waals surface area (Å²) in [4.78, 5) is 24.5. The molecule has 120 valence electrons. The molecule has 1 rings (SSSR count). The van der Waals surface area contributed by atoms with Crippen molar-refractivity contribution in [3.05, 3.63) is 11.6 Å². The highest BCUT2D eigenvalue weighted by atomic mass is 16.4. The number of hydrogen-bond donors (Lipinski definition) is 2. The summed E-state index contributed by atoms with van der Waals surface area (Å²) in [6.45, 7) is 6.59. The topological polar surface area (TPSA) is 69.6 Å². The first kappa shape index (κ1) is 17.5. The summed E-state index contributed by atoms with van der Waals surface area (Å²) < 4.78 is 0. The van der Waals surface area contributed by atoms with Gasteiger partial charge in [0, 0.05) is 18.6 Å². The molecule has 2 N–H and O–H groups in total. The Morgan fingerprint density at radius 2 is 2.05 bits per heavy atom. The minimum atomic E-state index is -0.885. The molecule has 0 bridgehead atoms. The van der Waals surface area contributed by atoms with Crippen LogP contribution in [-0.2, 0) is 4.79 Å². The van der Waals surface area contributed by atoms with Crippen LogP contribution in [-0.4, -0.2) is 40.6 Å². The molecule has 0 fully saturated rings. The van der Waals surface area contributed by atoms with Crippen molar-refractivity contribution < 1.29 is 14.7 Å². The third kappa shape index (κ3) is 6.65.